The Bertz CT molecular complexity index is 869. The maximum Gasteiger partial charge on any atom is 0.408 e. The van der Waals surface area contributed by atoms with Crippen molar-refractivity contribution in [3.8, 4) is 0 Å². The van der Waals surface area contributed by atoms with Crippen molar-refractivity contribution in [1.29, 1.82) is 0 Å². The maximum absolute atomic E-state index is 13.0. The van der Waals surface area contributed by atoms with Crippen molar-refractivity contribution < 1.29 is 18.7 Å². The summed E-state index contributed by atoms with van der Waals surface area (Å²) in [6.45, 7) is 4.00. The summed E-state index contributed by atoms with van der Waals surface area (Å²) in [4.78, 5) is 26.8. The zero-order valence-electron chi connectivity index (χ0n) is 15.3. The van der Waals surface area contributed by atoms with Crippen LogP contribution < -0.4 is 5.32 Å². The van der Waals surface area contributed by atoms with Crippen molar-refractivity contribution in [1.82, 2.24) is 10.2 Å². The van der Waals surface area contributed by atoms with Gasteiger partial charge in [0, 0.05) is 9.77 Å². The number of hydrogen-bond acceptors (Lipinski definition) is 6. The van der Waals surface area contributed by atoms with Crippen molar-refractivity contribution in [3.63, 3.8) is 0 Å². The number of carbonyl (C=O) groups is 2. The van der Waals surface area contributed by atoms with Gasteiger partial charge in [-0.25, -0.2) is 4.79 Å². The van der Waals surface area contributed by atoms with Crippen LogP contribution in [0.15, 0.2) is 47.1 Å². The smallest absolute Gasteiger partial charge is 0.408 e. The van der Waals surface area contributed by atoms with Crippen LogP contribution in [-0.2, 0) is 22.7 Å². The highest BCUT2D eigenvalue weighted by Gasteiger charge is 2.46. The fraction of sp³-hybridized carbons (Fsp3) is 0.316. The number of rotatable bonds is 5. The number of thioether (sulfide) groups is 1. The van der Waals surface area contributed by atoms with Crippen LogP contribution in [0, 0.1) is 0 Å². The van der Waals surface area contributed by atoms with Gasteiger partial charge in [-0.1, -0.05) is 47.7 Å². The Hall–Kier alpha value is -2.03. The second-order valence-electron chi connectivity index (χ2n) is 6.76. The molecule has 28 heavy (non-hydrogen) atoms. The molecule has 1 unspecified atom stereocenters. The summed E-state index contributed by atoms with van der Waals surface area (Å²) in [5, 5.41) is 3.29. The van der Waals surface area contributed by atoms with Crippen molar-refractivity contribution in [2.24, 2.45) is 0 Å². The van der Waals surface area contributed by atoms with E-state index in [-0.39, 0.29) is 19.1 Å². The highest BCUT2D eigenvalue weighted by molar-refractivity contribution is 8.24. The molecule has 1 aliphatic heterocycles. The van der Waals surface area contributed by atoms with Crippen LogP contribution in [0.4, 0.5) is 4.79 Å². The first-order chi connectivity index (χ1) is 13.3. The predicted molar refractivity (Wildman–Crippen MR) is 112 cm³/mol. The van der Waals surface area contributed by atoms with Crippen molar-refractivity contribution in [3.05, 3.63) is 59.0 Å². The highest BCUT2D eigenvalue weighted by Crippen LogP contribution is 2.37. The second kappa shape index (κ2) is 8.55. The van der Waals surface area contributed by atoms with E-state index in [9.17, 15) is 9.59 Å². The topological polar surface area (TPSA) is 71.8 Å². The summed E-state index contributed by atoms with van der Waals surface area (Å²) in [5.74, 6) is 0.314. The Morgan fingerprint density at radius 3 is 2.71 bits per heavy atom. The number of furan rings is 1. The SMILES string of the molecule is CC1(C)SC(=S)N(Cc2ccco2)C(=O)C1NC(=O)OCc1ccc(Cl)cc1. The monoisotopic (exact) mass is 438 g/mol. The van der Waals surface area contributed by atoms with Gasteiger partial charge in [-0.2, -0.15) is 0 Å². The van der Waals surface area contributed by atoms with Crippen LogP contribution >= 0.6 is 35.6 Å². The number of halogens is 1. The molecule has 2 amide bonds. The van der Waals surface area contributed by atoms with Gasteiger partial charge >= 0.3 is 6.09 Å². The molecule has 1 aliphatic rings. The lowest BCUT2D eigenvalue weighted by Gasteiger charge is -2.42. The molecule has 0 aliphatic carbocycles. The molecule has 1 atom stereocenters. The molecule has 0 spiro atoms. The van der Waals surface area contributed by atoms with Gasteiger partial charge in [0.05, 0.1) is 12.8 Å². The van der Waals surface area contributed by atoms with Crippen LogP contribution in [0.2, 0.25) is 5.02 Å². The molecule has 0 radical (unpaired) electrons. The predicted octanol–water partition coefficient (Wildman–Crippen LogP) is 4.37. The molecular weight excluding hydrogens is 420 g/mol. The number of thiocarbonyl (C=S) groups is 1. The van der Waals surface area contributed by atoms with Crippen LogP contribution in [-0.4, -0.2) is 32.0 Å². The Balaban J connectivity index is 1.65. The van der Waals surface area contributed by atoms with Gasteiger partial charge in [-0.15, -0.1) is 0 Å². The average Bonchev–Trinajstić information content (AvgIpc) is 3.15. The number of ether oxygens (including phenoxy) is 1. The minimum Gasteiger partial charge on any atom is -0.467 e. The number of amides is 2. The normalized spacial score (nSPS) is 18.8. The zero-order chi connectivity index (χ0) is 20.3. The molecule has 3 rings (SSSR count). The minimum atomic E-state index is -0.795. The van der Waals surface area contributed by atoms with E-state index >= 15 is 0 Å². The van der Waals surface area contributed by atoms with Gasteiger partial charge in [-0.3, -0.25) is 9.69 Å². The minimum absolute atomic E-state index is 0.0754. The maximum atomic E-state index is 13.0. The summed E-state index contributed by atoms with van der Waals surface area (Å²) in [6, 6.07) is 9.69. The van der Waals surface area contributed by atoms with E-state index in [0.717, 1.165) is 5.56 Å². The van der Waals surface area contributed by atoms with E-state index in [1.54, 1.807) is 36.4 Å². The van der Waals surface area contributed by atoms with E-state index in [1.165, 1.54) is 22.9 Å². The average molecular weight is 439 g/mol. The molecule has 9 heteroatoms. The number of benzene rings is 1. The van der Waals surface area contributed by atoms with E-state index in [0.29, 0.717) is 15.1 Å². The first-order valence-electron chi connectivity index (χ1n) is 8.51. The van der Waals surface area contributed by atoms with Crippen LogP contribution in [0.5, 0.6) is 0 Å². The molecule has 2 heterocycles. The number of hydrogen-bond donors (Lipinski definition) is 1. The van der Waals surface area contributed by atoms with Crippen LogP contribution in [0.1, 0.15) is 25.2 Å². The van der Waals surface area contributed by atoms with E-state index < -0.39 is 16.9 Å². The Labute approximate surface area is 177 Å². The molecule has 2 aromatic rings. The quantitative estimate of drug-likeness (QED) is 0.699. The first kappa shape index (κ1) is 20.7. The summed E-state index contributed by atoms with van der Waals surface area (Å²) >= 11 is 12.6. The van der Waals surface area contributed by atoms with E-state index in [1.807, 2.05) is 13.8 Å². The number of carbonyl (C=O) groups excluding carboxylic acids is 2. The van der Waals surface area contributed by atoms with Crippen LogP contribution in [0.3, 0.4) is 0 Å². The third-order valence-corrected chi connectivity index (χ3v) is 6.10. The standard InChI is InChI=1S/C19H19ClN2O4S2/c1-19(2)15(21-17(24)26-11-12-5-7-13(20)8-6-12)16(23)22(18(27)28-19)10-14-4-3-9-25-14/h3-9,15H,10-11H2,1-2H3,(H,21,24). The van der Waals surface area contributed by atoms with Gasteiger partial charge < -0.3 is 14.5 Å². The number of nitrogens with zero attached hydrogens (tertiary/aromatic N) is 1. The Kier molecular flexibility index (Phi) is 6.32. The molecule has 6 nitrogen and oxygen atoms in total. The molecule has 1 aromatic heterocycles. The molecule has 1 fully saturated rings. The number of nitrogens with one attached hydrogen (secondary N) is 1. The van der Waals surface area contributed by atoms with Gasteiger partial charge in [0.1, 0.15) is 22.7 Å². The summed E-state index contributed by atoms with van der Waals surface area (Å²) in [6.07, 6.45) is 0.862. The van der Waals surface area contributed by atoms with Crippen LogP contribution in [0.25, 0.3) is 0 Å². The van der Waals surface area contributed by atoms with Gasteiger partial charge in [0.15, 0.2) is 0 Å². The van der Waals surface area contributed by atoms with Gasteiger partial charge in [0.2, 0.25) is 0 Å². The fourth-order valence-electron chi connectivity index (χ4n) is 2.71. The van der Waals surface area contributed by atoms with E-state index in [4.69, 9.17) is 33.0 Å². The molecule has 1 saturated heterocycles. The zero-order valence-corrected chi connectivity index (χ0v) is 17.7. The fourth-order valence-corrected chi connectivity index (χ4v) is 4.62. The van der Waals surface area contributed by atoms with Crippen molar-refractivity contribution in [2.75, 3.05) is 0 Å². The summed E-state index contributed by atoms with van der Waals surface area (Å²) in [5.41, 5.74) is 0.795. The molecule has 1 aromatic carbocycles. The summed E-state index contributed by atoms with van der Waals surface area (Å²) < 4.78 is 10.4. The molecular formula is C19H19ClN2O4S2. The third kappa shape index (κ3) is 4.87. The Morgan fingerprint density at radius 2 is 2.07 bits per heavy atom. The lowest BCUT2D eigenvalue weighted by Crippen LogP contribution is -2.62. The highest BCUT2D eigenvalue weighted by atomic mass is 35.5. The van der Waals surface area contributed by atoms with E-state index in [2.05, 4.69) is 5.32 Å². The molecule has 0 bridgehead atoms. The van der Waals surface area contributed by atoms with Gasteiger partial charge in [0.25, 0.3) is 5.91 Å². The lowest BCUT2D eigenvalue weighted by molar-refractivity contribution is -0.130. The Morgan fingerprint density at radius 1 is 1.36 bits per heavy atom. The number of alkyl carbamates (subject to hydrolysis) is 1. The largest absolute Gasteiger partial charge is 0.467 e. The second-order valence-corrected chi connectivity index (χ2v) is 9.48. The van der Waals surface area contributed by atoms with Crippen molar-refractivity contribution >= 4 is 51.9 Å². The van der Waals surface area contributed by atoms with Crippen molar-refractivity contribution in [2.45, 2.75) is 37.8 Å². The third-order valence-electron chi connectivity index (χ3n) is 4.22. The lowest BCUT2D eigenvalue weighted by atomic mass is 10.0. The molecule has 148 valence electrons. The van der Waals surface area contributed by atoms with Gasteiger partial charge in [-0.05, 0) is 43.7 Å². The molecule has 0 saturated carbocycles. The molecule has 1 N–H and O–H groups in total. The summed E-state index contributed by atoms with van der Waals surface area (Å²) in [7, 11) is 0. The first-order valence-corrected chi connectivity index (χ1v) is 10.1.